The molecule has 0 amide bonds. The number of aliphatic hydroxyl groups is 4. The van der Waals surface area contributed by atoms with E-state index in [9.17, 15) is 15.3 Å². The molecule has 78 valence electrons. The summed E-state index contributed by atoms with van der Waals surface area (Å²) < 4.78 is 5.17. The largest absolute Gasteiger partial charge is 0.394 e. The van der Waals surface area contributed by atoms with Gasteiger partial charge < -0.3 is 25.2 Å². The van der Waals surface area contributed by atoms with Crippen LogP contribution in [0.5, 0.6) is 0 Å². The summed E-state index contributed by atoms with van der Waals surface area (Å²) in [6.07, 6.45) is -4.33. The Balaban J connectivity index is 2.66. The quantitative estimate of drug-likeness (QED) is 0.416. The maximum absolute atomic E-state index is 9.40. The van der Waals surface area contributed by atoms with Crippen molar-refractivity contribution in [1.82, 2.24) is 0 Å². The molecule has 0 aliphatic carbocycles. The summed E-state index contributed by atoms with van der Waals surface area (Å²) in [5.74, 6) is 0. The van der Waals surface area contributed by atoms with Crippen molar-refractivity contribution in [2.75, 3.05) is 6.61 Å². The Bertz CT molecular complexity index is 143. The fourth-order valence-electron chi connectivity index (χ4n) is 1.52. The molecular weight excluding hydrogens is 176 g/mol. The van der Waals surface area contributed by atoms with Gasteiger partial charge >= 0.3 is 0 Å². The molecule has 4 N–H and O–H groups in total. The van der Waals surface area contributed by atoms with Crippen molar-refractivity contribution in [1.29, 1.82) is 0 Å². The van der Waals surface area contributed by atoms with Gasteiger partial charge in [0.15, 0.2) is 0 Å². The van der Waals surface area contributed by atoms with Crippen LogP contribution < -0.4 is 0 Å². The predicted molar refractivity (Wildman–Crippen MR) is 44.1 cm³/mol. The van der Waals surface area contributed by atoms with Crippen LogP contribution in [0.2, 0.25) is 0 Å². The smallest absolute Gasteiger partial charge is 0.111 e. The Labute approximate surface area is 76.6 Å². The van der Waals surface area contributed by atoms with Gasteiger partial charge in [-0.3, -0.25) is 0 Å². The normalized spacial score (nSPS) is 46.4. The molecule has 13 heavy (non-hydrogen) atoms. The zero-order chi connectivity index (χ0) is 10.0. The Morgan fingerprint density at radius 1 is 1.00 bits per heavy atom. The molecule has 5 atom stereocenters. The third-order valence-corrected chi connectivity index (χ3v) is 2.39. The van der Waals surface area contributed by atoms with E-state index in [-0.39, 0.29) is 6.61 Å². The summed E-state index contributed by atoms with van der Waals surface area (Å²) in [5.41, 5.74) is 0. The van der Waals surface area contributed by atoms with E-state index in [0.717, 1.165) is 0 Å². The van der Waals surface area contributed by atoms with Crippen molar-refractivity contribution in [3.8, 4) is 0 Å². The molecule has 1 rings (SSSR count). The lowest BCUT2D eigenvalue weighted by atomic mass is 9.94. The molecule has 0 bridgehead atoms. The van der Waals surface area contributed by atoms with Gasteiger partial charge in [0.1, 0.15) is 24.4 Å². The molecule has 5 heteroatoms. The summed E-state index contributed by atoms with van der Waals surface area (Å²) in [5, 5.41) is 36.9. The molecule has 0 radical (unpaired) electrons. The first-order valence-electron chi connectivity index (χ1n) is 4.42. The minimum Gasteiger partial charge on any atom is -0.394 e. The van der Waals surface area contributed by atoms with E-state index in [1.54, 1.807) is 6.92 Å². The molecule has 1 saturated heterocycles. The van der Waals surface area contributed by atoms with Crippen LogP contribution in [0.3, 0.4) is 0 Å². The summed E-state index contributed by atoms with van der Waals surface area (Å²) in [7, 11) is 0. The SMILES string of the molecule is CC[C@@H]1O[C@H](CO)[C@H](O)[C@H](O)[C@H]1O. The van der Waals surface area contributed by atoms with E-state index in [4.69, 9.17) is 9.84 Å². The van der Waals surface area contributed by atoms with Crippen LogP contribution >= 0.6 is 0 Å². The molecule has 0 unspecified atom stereocenters. The molecule has 0 aromatic rings. The molecule has 0 spiro atoms. The fourth-order valence-corrected chi connectivity index (χ4v) is 1.52. The molecule has 0 saturated carbocycles. The van der Waals surface area contributed by atoms with Gasteiger partial charge in [-0.15, -0.1) is 0 Å². The van der Waals surface area contributed by atoms with E-state index in [0.29, 0.717) is 6.42 Å². The van der Waals surface area contributed by atoms with Gasteiger partial charge in [-0.25, -0.2) is 0 Å². The number of ether oxygens (including phenoxy) is 1. The minimum atomic E-state index is -1.24. The second-order valence-corrected chi connectivity index (χ2v) is 3.28. The minimum absolute atomic E-state index is 0.360. The molecule has 0 aromatic carbocycles. The third kappa shape index (κ3) is 2.00. The standard InChI is InChI=1S/C8H16O5/c1-2-4-6(10)8(12)7(11)5(3-9)13-4/h4-12H,2-3H2,1H3/t4-,5+,6-,7-,8+/m0/s1. The van der Waals surface area contributed by atoms with Crippen molar-refractivity contribution >= 4 is 0 Å². The number of aliphatic hydroxyl groups excluding tert-OH is 4. The zero-order valence-electron chi connectivity index (χ0n) is 7.50. The van der Waals surface area contributed by atoms with Crippen LogP contribution in [0.4, 0.5) is 0 Å². The van der Waals surface area contributed by atoms with Gasteiger partial charge in [0.2, 0.25) is 0 Å². The summed E-state index contributed by atoms with van der Waals surface area (Å²) >= 11 is 0. The zero-order valence-corrected chi connectivity index (χ0v) is 7.50. The van der Waals surface area contributed by atoms with Gasteiger partial charge in [0, 0.05) is 0 Å². The van der Waals surface area contributed by atoms with Gasteiger partial charge in [-0.2, -0.15) is 0 Å². The maximum Gasteiger partial charge on any atom is 0.111 e. The van der Waals surface area contributed by atoms with Crippen LogP contribution in [0.1, 0.15) is 13.3 Å². The Kier molecular flexibility index (Phi) is 3.63. The lowest BCUT2D eigenvalue weighted by molar-refractivity contribution is -0.229. The van der Waals surface area contributed by atoms with E-state index >= 15 is 0 Å². The molecule has 5 nitrogen and oxygen atoms in total. The highest BCUT2D eigenvalue weighted by Crippen LogP contribution is 2.22. The second kappa shape index (κ2) is 4.34. The molecular formula is C8H16O5. The van der Waals surface area contributed by atoms with E-state index in [1.165, 1.54) is 0 Å². The van der Waals surface area contributed by atoms with Crippen LogP contribution in [-0.2, 0) is 4.74 Å². The first-order chi connectivity index (χ1) is 6.11. The molecule has 1 fully saturated rings. The monoisotopic (exact) mass is 192 g/mol. The third-order valence-electron chi connectivity index (χ3n) is 2.39. The van der Waals surface area contributed by atoms with Gasteiger partial charge in [0.25, 0.3) is 0 Å². The lowest BCUT2D eigenvalue weighted by Gasteiger charge is -2.39. The van der Waals surface area contributed by atoms with Gasteiger partial charge in [-0.1, -0.05) is 6.92 Å². The fraction of sp³-hybridized carbons (Fsp3) is 1.00. The molecule has 1 heterocycles. The average molecular weight is 192 g/mol. The second-order valence-electron chi connectivity index (χ2n) is 3.28. The van der Waals surface area contributed by atoms with Crippen LogP contribution in [0.15, 0.2) is 0 Å². The Hall–Kier alpha value is -0.200. The summed E-state index contributed by atoms with van der Waals surface area (Å²) in [6.45, 7) is 1.44. The topological polar surface area (TPSA) is 90.2 Å². The molecule has 1 aliphatic rings. The van der Waals surface area contributed by atoms with E-state index < -0.39 is 30.5 Å². The number of hydrogen-bond acceptors (Lipinski definition) is 5. The van der Waals surface area contributed by atoms with Crippen molar-refractivity contribution in [3.05, 3.63) is 0 Å². The lowest BCUT2D eigenvalue weighted by Crippen LogP contribution is -2.58. The van der Waals surface area contributed by atoms with Crippen LogP contribution in [0.25, 0.3) is 0 Å². The van der Waals surface area contributed by atoms with Gasteiger partial charge in [0.05, 0.1) is 12.7 Å². The van der Waals surface area contributed by atoms with Crippen LogP contribution in [-0.4, -0.2) is 57.6 Å². The molecule has 1 aliphatic heterocycles. The number of rotatable bonds is 2. The summed E-state index contributed by atoms with van der Waals surface area (Å²) in [4.78, 5) is 0. The highest BCUT2D eigenvalue weighted by atomic mass is 16.5. The Morgan fingerprint density at radius 2 is 1.54 bits per heavy atom. The maximum atomic E-state index is 9.40. The van der Waals surface area contributed by atoms with Crippen LogP contribution in [0, 0.1) is 0 Å². The first kappa shape index (κ1) is 10.9. The number of hydrogen-bond donors (Lipinski definition) is 4. The van der Waals surface area contributed by atoms with Gasteiger partial charge in [-0.05, 0) is 6.42 Å². The molecule has 0 aromatic heterocycles. The predicted octanol–water partition coefficient (Wildman–Crippen LogP) is -1.76. The van der Waals surface area contributed by atoms with Crippen molar-refractivity contribution < 1.29 is 25.2 Å². The summed E-state index contributed by atoms with van der Waals surface area (Å²) in [6, 6.07) is 0. The van der Waals surface area contributed by atoms with E-state index in [1.807, 2.05) is 0 Å². The highest BCUT2D eigenvalue weighted by molar-refractivity contribution is 4.91. The van der Waals surface area contributed by atoms with Crippen molar-refractivity contribution in [2.45, 2.75) is 43.9 Å². The average Bonchev–Trinajstić information content (AvgIpc) is 2.15. The van der Waals surface area contributed by atoms with Crippen molar-refractivity contribution in [2.24, 2.45) is 0 Å². The van der Waals surface area contributed by atoms with Crippen molar-refractivity contribution in [3.63, 3.8) is 0 Å². The first-order valence-corrected chi connectivity index (χ1v) is 4.42. The Morgan fingerprint density at radius 3 is 2.00 bits per heavy atom. The van der Waals surface area contributed by atoms with E-state index in [2.05, 4.69) is 0 Å². The highest BCUT2D eigenvalue weighted by Gasteiger charge is 2.42.